The minimum atomic E-state index is 1.01. The molecule has 0 bridgehead atoms. The fraction of sp³-hybridized carbons (Fsp3) is 0.933. The predicted octanol–water partition coefficient (Wildman–Crippen LogP) is 5.13. The Balaban J connectivity index is 1.79. The van der Waals surface area contributed by atoms with Crippen molar-refractivity contribution in [3.63, 3.8) is 0 Å². The van der Waals surface area contributed by atoms with Gasteiger partial charge < -0.3 is 0 Å². The van der Waals surface area contributed by atoms with Gasteiger partial charge >= 0.3 is 0 Å². The van der Waals surface area contributed by atoms with Gasteiger partial charge in [-0.15, -0.1) is 0 Å². The van der Waals surface area contributed by atoms with Crippen LogP contribution in [0.15, 0.2) is 0 Å². The van der Waals surface area contributed by atoms with E-state index in [1.165, 1.54) is 70.6 Å². The van der Waals surface area contributed by atoms with Gasteiger partial charge in [-0.05, 0) is 43.4 Å². The van der Waals surface area contributed by atoms with Crippen molar-refractivity contribution in [3.05, 3.63) is 5.92 Å². The van der Waals surface area contributed by atoms with Crippen molar-refractivity contribution in [2.24, 2.45) is 11.8 Å². The fourth-order valence-corrected chi connectivity index (χ4v) is 3.44. The highest BCUT2D eigenvalue weighted by Gasteiger charge is 2.26. The standard InChI is InChI=1S/C15H27/c1-13-9-11-15(12-10-13)14-7-5-3-2-4-6-8-14/h13,15H,2-12H2,1H3. The smallest absolute Gasteiger partial charge is 0.0210 e. The third-order valence-electron chi connectivity index (χ3n) is 4.59. The van der Waals surface area contributed by atoms with Crippen molar-refractivity contribution in [1.29, 1.82) is 0 Å². The second kappa shape index (κ2) is 5.92. The van der Waals surface area contributed by atoms with Gasteiger partial charge in [-0.25, -0.2) is 0 Å². The average molecular weight is 207 g/mol. The van der Waals surface area contributed by atoms with Crippen LogP contribution in [-0.2, 0) is 0 Å². The van der Waals surface area contributed by atoms with Gasteiger partial charge in [0.25, 0.3) is 0 Å². The predicted molar refractivity (Wildman–Crippen MR) is 66.7 cm³/mol. The number of rotatable bonds is 1. The minimum Gasteiger partial charge on any atom is -0.0625 e. The van der Waals surface area contributed by atoms with E-state index in [0.29, 0.717) is 0 Å². The summed E-state index contributed by atoms with van der Waals surface area (Å²) in [6.07, 6.45) is 16.4. The summed E-state index contributed by atoms with van der Waals surface area (Å²) < 4.78 is 0. The summed E-state index contributed by atoms with van der Waals surface area (Å²) >= 11 is 0. The minimum absolute atomic E-state index is 1.01. The molecule has 0 aromatic heterocycles. The van der Waals surface area contributed by atoms with Gasteiger partial charge in [0.2, 0.25) is 0 Å². The largest absolute Gasteiger partial charge is 0.0625 e. The van der Waals surface area contributed by atoms with Crippen LogP contribution in [0, 0.1) is 17.8 Å². The molecule has 0 heterocycles. The second-order valence-electron chi connectivity index (χ2n) is 5.88. The Kier molecular flexibility index (Phi) is 4.53. The first kappa shape index (κ1) is 11.5. The van der Waals surface area contributed by atoms with Gasteiger partial charge in [0.15, 0.2) is 0 Å². The molecule has 0 aliphatic heterocycles. The Bertz CT molecular complexity index is 157. The molecular weight excluding hydrogens is 180 g/mol. The zero-order chi connectivity index (χ0) is 10.5. The topological polar surface area (TPSA) is 0 Å². The molecule has 0 aromatic rings. The van der Waals surface area contributed by atoms with Crippen molar-refractivity contribution in [2.45, 2.75) is 77.6 Å². The molecule has 2 saturated carbocycles. The van der Waals surface area contributed by atoms with E-state index in [-0.39, 0.29) is 0 Å². The van der Waals surface area contributed by atoms with Crippen LogP contribution < -0.4 is 0 Å². The molecule has 0 amide bonds. The van der Waals surface area contributed by atoms with Crippen LogP contribution in [0.3, 0.4) is 0 Å². The molecular formula is C15H27. The third kappa shape index (κ3) is 3.50. The average Bonchev–Trinajstić information content (AvgIpc) is 2.19. The van der Waals surface area contributed by atoms with Gasteiger partial charge in [-0.2, -0.15) is 0 Å². The molecule has 2 aliphatic carbocycles. The molecule has 0 saturated heterocycles. The Hall–Kier alpha value is 0. The maximum atomic E-state index is 2.43. The van der Waals surface area contributed by atoms with E-state index < -0.39 is 0 Å². The lowest BCUT2D eigenvalue weighted by Gasteiger charge is -2.33. The molecule has 0 unspecified atom stereocenters. The summed E-state index contributed by atoms with van der Waals surface area (Å²) in [6, 6.07) is 0. The molecule has 0 aromatic carbocycles. The molecule has 0 spiro atoms. The maximum absolute atomic E-state index is 2.43. The van der Waals surface area contributed by atoms with Crippen molar-refractivity contribution >= 4 is 0 Å². The molecule has 0 heteroatoms. The van der Waals surface area contributed by atoms with E-state index >= 15 is 0 Å². The van der Waals surface area contributed by atoms with Crippen molar-refractivity contribution in [1.82, 2.24) is 0 Å². The Morgan fingerprint density at radius 1 is 0.733 bits per heavy atom. The van der Waals surface area contributed by atoms with Gasteiger partial charge in [-0.1, -0.05) is 51.9 Å². The molecule has 2 fully saturated rings. The number of hydrogen-bond acceptors (Lipinski definition) is 0. The molecule has 15 heavy (non-hydrogen) atoms. The zero-order valence-electron chi connectivity index (χ0n) is 10.4. The summed E-state index contributed by atoms with van der Waals surface area (Å²) in [5, 5.41) is 0. The van der Waals surface area contributed by atoms with Crippen LogP contribution in [0.2, 0.25) is 0 Å². The molecule has 0 N–H and O–H groups in total. The van der Waals surface area contributed by atoms with Gasteiger partial charge in [0, 0.05) is 0 Å². The SMILES string of the molecule is CC1CCC([C]2CCCCCCC2)CC1. The van der Waals surface area contributed by atoms with E-state index in [1.54, 1.807) is 0 Å². The summed E-state index contributed by atoms with van der Waals surface area (Å²) in [7, 11) is 0. The van der Waals surface area contributed by atoms with Crippen molar-refractivity contribution < 1.29 is 0 Å². The molecule has 0 nitrogen and oxygen atoms in total. The van der Waals surface area contributed by atoms with Crippen LogP contribution in [0.1, 0.15) is 77.6 Å². The summed E-state index contributed by atoms with van der Waals surface area (Å²) in [5.41, 5.74) is 0. The first-order chi connectivity index (χ1) is 7.36. The molecule has 87 valence electrons. The van der Waals surface area contributed by atoms with E-state index in [9.17, 15) is 0 Å². The first-order valence-corrected chi connectivity index (χ1v) is 7.21. The van der Waals surface area contributed by atoms with Crippen LogP contribution in [0.4, 0.5) is 0 Å². The van der Waals surface area contributed by atoms with Crippen LogP contribution >= 0.6 is 0 Å². The Morgan fingerprint density at radius 3 is 1.87 bits per heavy atom. The van der Waals surface area contributed by atoms with E-state index in [1.807, 2.05) is 5.92 Å². The monoisotopic (exact) mass is 207 g/mol. The highest BCUT2D eigenvalue weighted by Crippen LogP contribution is 2.39. The molecule has 1 radical (unpaired) electrons. The molecule has 0 atom stereocenters. The number of hydrogen-bond donors (Lipinski definition) is 0. The van der Waals surface area contributed by atoms with E-state index in [4.69, 9.17) is 0 Å². The van der Waals surface area contributed by atoms with E-state index in [0.717, 1.165) is 11.8 Å². The fourth-order valence-electron chi connectivity index (χ4n) is 3.44. The lowest BCUT2D eigenvalue weighted by Crippen LogP contribution is -2.20. The van der Waals surface area contributed by atoms with Crippen LogP contribution in [-0.4, -0.2) is 0 Å². The lowest BCUT2D eigenvalue weighted by molar-refractivity contribution is 0.277. The van der Waals surface area contributed by atoms with E-state index in [2.05, 4.69) is 6.92 Å². The van der Waals surface area contributed by atoms with Crippen molar-refractivity contribution in [3.8, 4) is 0 Å². The Morgan fingerprint density at radius 2 is 1.27 bits per heavy atom. The second-order valence-corrected chi connectivity index (χ2v) is 5.88. The first-order valence-electron chi connectivity index (χ1n) is 7.21. The molecule has 2 aliphatic rings. The van der Waals surface area contributed by atoms with Gasteiger partial charge in [0.05, 0.1) is 0 Å². The van der Waals surface area contributed by atoms with Crippen LogP contribution in [0.25, 0.3) is 0 Å². The molecule has 2 rings (SSSR count). The van der Waals surface area contributed by atoms with Crippen molar-refractivity contribution in [2.75, 3.05) is 0 Å². The quantitative estimate of drug-likeness (QED) is 0.559. The highest BCUT2D eigenvalue weighted by atomic mass is 14.3. The van der Waals surface area contributed by atoms with Gasteiger partial charge in [0.1, 0.15) is 0 Å². The lowest BCUT2D eigenvalue weighted by atomic mass is 9.72. The Labute approximate surface area is 95.8 Å². The third-order valence-corrected chi connectivity index (χ3v) is 4.59. The summed E-state index contributed by atoms with van der Waals surface area (Å²) in [5.74, 6) is 4.00. The zero-order valence-corrected chi connectivity index (χ0v) is 10.4. The normalized spacial score (nSPS) is 35.8. The van der Waals surface area contributed by atoms with Gasteiger partial charge in [-0.3, -0.25) is 0 Å². The summed E-state index contributed by atoms with van der Waals surface area (Å²) in [6.45, 7) is 2.43. The summed E-state index contributed by atoms with van der Waals surface area (Å²) in [4.78, 5) is 0. The highest BCUT2D eigenvalue weighted by molar-refractivity contribution is 4.98. The maximum Gasteiger partial charge on any atom is -0.0210 e. The van der Waals surface area contributed by atoms with Crippen LogP contribution in [0.5, 0.6) is 0 Å².